The first-order chi connectivity index (χ1) is 10.8. The quantitative estimate of drug-likeness (QED) is 0.882. The summed E-state index contributed by atoms with van der Waals surface area (Å²) in [6, 6.07) is 14.2. The Balaban J connectivity index is 1.82. The number of aliphatic hydroxyl groups excluding tert-OH is 1. The molecule has 116 valence electrons. The molecule has 3 heteroatoms. The fraction of sp³-hybridized carbons (Fsp3) is 0.421. The summed E-state index contributed by atoms with van der Waals surface area (Å²) in [6.07, 6.45) is 9.33. The molecule has 1 aliphatic carbocycles. The van der Waals surface area contributed by atoms with E-state index in [-0.39, 0.29) is 6.04 Å². The van der Waals surface area contributed by atoms with Gasteiger partial charge in [-0.25, -0.2) is 0 Å². The second-order valence-corrected chi connectivity index (χ2v) is 6.12. The van der Waals surface area contributed by atoms with Crippen molar-refractivity contribution in [2.45, 2.75) is 50.3 Å². The smallest absolute Gasteiger partial charge is 0.0985 e. The number of pyridine rings is 1. The van der Waals surface area contributed by atoms with Crippen molar-refractivity contribution in [2.75, 3.05) is 0 Å². The minimum atomic E-state index is -0.563. The standard InChI is InChI=1S/C19H24N2O/c22-19(15-8-3-1-4-9-15)18(16-10-7-13-20-14-16)21-17-11-5-2-6-12-17/h1,3-4,7-10,13-14,17-19,21-22H,2,5-6,11-12H2/t18-,19+/m1/s1. The van der Waals surface area contributed by atoms with Gasteiger partial charge in [0.2, 0.25) is 0 Å². The number of nitrogens with one attached hydrogen (secondary N) is 1. The lowest BCUT2D eigenvalue weighted by molar-refractivity contribution is 0.117. The Bertz CT molecular complexity index is 552. The summed E-state index contributed by atoms with van der Waals surface area (Å²) < 4.78 is 0. The molecule has 0 bridgehead atoms. The fourth-order valence-electron chi connectivity index (χ4n) is 3.30. The number of aromatic nitrogens is 1. The Morgan fingerprint density at radius 3 is 2.36 bits per heavy atom. The highest BCUT2D eigenvalue weighted by Gasteiger charge is 2.26. The van der Waals surface area contributed by atoms with E-state index in [2.05, 4.69) is 10.3 Å². The number of hydrogen-bond acceptors (Lipinski definition) is 3. The van der Waals surface area contributed by atoms with Crippen LogP contribution in [0.25, 0.3) is 0 Å². The summed E-state index contributed by atoms with van der Waals surface area (Å²) in [5.74, 6) is 0. The molecule has 1 aromatic carbocycles. The molecule has 2 N–H and O–H groups in total. The number of hydrogen-bond donors (Lipinski definition) is 2. The first-order valence-electron chi connectivity index (χ1n) is 8.23. The first-order valence-corrected chi connectivity index (χ1v) is 8.23. The molecule has 22 heavy (non-hydrogen) atoms. The van der Waals surface area contributed by atoms with E-state index in [1.807, 2.05) is 48.7 Å². The molecule has 2 aromatic rings. The van der Waals surface area contributed by atoms with Crippen molar-refractivity contribution >= 4 is 0 Å². The van der Waals surface area contributed by atoms with Gasteiger partial charge in [0.1, 0.15) is 0 Å². The van der Waals surface area contributed by atoms with Crippen LogP contribution in [0.4, 0.5) is 0 Å². The molecule has 1 aromatic heterocycles. The average molecular weight is 296 g/mol. The van der Waals surface area contributed by atoms with Crippen LogP contribution in [0.15, 0.2) is 54.9 Å². The first kappa shape index (κ1) is 15.2. The summed E-state index contributed by atoms with van der Waals surface area (Å²) in [6.45, 7) is 0. The molecular formula is C19H24N2O. The monoisotopic (exact) mass is 296 g/mol. The zero-order valence-electron chi connectivity index (χ0n) is 12.9. The summed E-state index contributed by atoms with van der Waals surface area (Å²) in [5, 5.41) is 14.6. The van der Waals surface area contributed by atoms with Crippen molar-refractivity contribution in [3.63, 3.8) is 0 Å². The highest BCUT2D eigenvalue weighted by Crippen LogP contribution is 2.30. The summed E-state index contributed by atoms with van der Waals surface area (Å²) >= 11 is 0. The van der Waals surface area contributed by atoms with E-state index in [0.717, 1.165) is 11.1 Å². The predicted octanol–water partition coefficient (Wildman–Crippen LogP) is 3.78. The molecule has 0 spiro atoms. The Hall–Kier alpha value is -1.71. The Labute approximate surface area is 132 Å². The minimum absolute atomic E-state index is 0.112. The second-order valence-electron chi connectivity index (χ2n) is 6.12. The van der Waals surface area contributed by atoms with Crippen molar-refractivity contribution in [3.8, 4) is 0 Å². The van der Waals surface area contributed by atoms with Crippen LogP contribution in [-0.2, 0) is 0 Å². The van der Waals surface area contributed by atoms with Crippen molar-refractivity contribution in [3.05, 3.63) is 66.0 Å². The zero-order chi connectivity index (χ0) is 15.2. The Kier molecular flexibility index (Phi) is 5.20. The predicted molar refractivity (Wildman–Crippen MR) is 88.4 cm³/mol. The van der Waals surface area contributed by atoms with Gasteiger partial charge in [-0.15, -0.1) is 0 Å². The fourth-order valence-corrected chi connectivity index (χ4v) is 3.30. The summed E-state index contributed by atoms with van der Waals surface area (Å²) in [7, 11) is 0. The van der Waals surface area contributed by atoms with Gasteiger partial charge in [-0.3, -0.25) is 4.98 Å². The maximum Gasteiger partial charge on any atom is 0.0985 e. The SMILES string of the molecule is O[C@@H](c1ccccc1)[C@H](NC1CCCCC1)c1cccnc1. The molecule has 0 saturated heterocycles. The van der Waals surface area contributed by atoms with Crippen molar-refractivity contribution in [1.29, 1.82) is 0 Å². The second kappa shape index (κ2) is 7.52. The normalized spacial score (nSPS) is 18.8. The van der Waals surface area contributed by atoms with Gasteiger partial charge in [-0.2, -0.15) is 0 Å². The number of nitrogens with zero attached hydrogens (tertiary/aromatic N) is 1. The van der Waals surface area contributed by atoms with Crippen LogP contribution in [0.5, 0.6) is 0 Å². The Morgan fingerprint density at radius 1 is 0.955 bits per heavy atom. The van der Waals surface area contributed by atoms with E-state index >= 15 is 0 Å². The van der Waals surface area contributed by atoms with E-state index in [1.165, 1.54) is 32.1 Å². The van der Waals surface area contributed by atoms with Crippen molar-refractivity contribution in [1.82, 2.24) is 10.3 Å². The van der Waals surface area contributed by atoms with E-state index in [9.17, 15) is 5.11 Å². The van der Waals surface area contributed by atoms with E-state index < -0.39 is 6.10 Å². The van der Waals surface area contributed by atoms with Crippen LogP contribution in [0.1, 0.15) is 55.4 Å². The lowest BCUT2D eigenvalue weighted by Crippen LogP contribution is -2.37. The van der Waals surface area contributed by atoms with Crippen LogP contribution in [-0.4, -0.2) is 16.1 Å². The molecule has 1 heterocycles. The maximum atomic E-state index is 10.9. The van der Waals surface area contributed by atoms with E-state index in [4.69, 9.17) is 0 Å². The molecule has 3 nitrogen and oxygen atoms in total. The molecule has 3 rings (SSSR count). The third-order valence-electron chi connectivity index (χ3n) is 4.52. The van der Waals surface area contributed by atoms with Gasteiger partial charge in [-0.05, 0) is 30.0 Å². The van der Waals surface area contributed by atoms with Gasteiger partial charge in [0.15, 0.2) is 0 Å². The average Bonchev–Trinajstić information content (AvgIpc) is 2.61. The Morgan fingerprint density at radius 2 is 1.68 bits per heavy atom. The van der Waals surface area contributed by atoms with E-state index in [0.29, 0.717) is 6.04 Å². The van der Waals surface area contributed by atoms with E-state index in [1.54, 1.807) is 6.20 Å². The number of benzene rings is 1. The van der Waals surface area contributed by atoms with Gasteiger partial charge in [0.25, 0.3) is 0 Å². The summed E-state index contributed by atoms with van der Waals surface area (Å²) in [4.78, 5) is 4.22. The molecule has 0 radical (unpaired) electrons. The lowest BCUT2D eigenvalue weighted by Gasteiger charge is -2.31. The zero-order valence-corrected chi connectivity index (χ0v) is 12.9. The van der Waals surface area contributed by atoms with Crippen molar-refractivity contribution in [2.24, 2.45) is 0 Å². The topological polar surface area (TPSA) is 45.1 Å². The van der Waals surface area contributed by atoms with Crippen LogP contribution in [0, 0.1) is 0 Å². The summed E-state index contributed by atoms with van der Waals surface area (Å²) in [5.41, 5.74) is 1.99. The number of rotatable bonds is 5. The largest absolute Gasteiger partial charge is 0.386 e. The lowest BCUT2D eigenvalue weighted by atomic mass is 9.91. The molecule has 0 amide bonds. The molecule has 0 unspecified atom stereocenters. The van der Waals surface area contributed by atoms with Gasteiger partial charge >= 0.3 is 0 Å². The molecule has 1 fully saturated rings. The van der Waals surface area contributed by atoms with Crippen molar-refractivity contribution < 1.29 is 5.11 Å². The minimum Gasteiger partial charge on any atom is -0.386 e. The molecular weight excluding hydrogens is 272 g/mol. The highest BCUT2D eigenvalue weighted by molar-refractivity contribution is 5.24. The third-order valence-corrected chi connectivity index (χ3v) is 4.52. The van der Waals surface area contributed by atoms with Gasteiger partial charge in [0.05, 0.1) is 12.1 Å². The van der Waals surface area contributed by atoms with Crippen LogP contribution >= 0.6 is 0 Å². The maximum absolute atomic E-state index is 10.9. The van der Waals surface area contributed by atoms with Crippen LogP contribution in [0.2, 0.25) is 0 Å². The van der Waals surface area contributed by atoms with Gasteiger partial charge in [-0.1, -0.05) is 55.7 Å². The highest BCUT2D eigenvalue weighted by atomic mass is 16.3. The molecule has 0 aliphatic heterocycles. The number of aliphatic hydroxyl groups is 1. The molecule has 1 aliphatic rings. The molecule has 1 saturated carbocycles. The van der Waals surface area contributed by atoms with Crippen LogP contribution < -0.4 is 5.32 Å². The van der Waals surface area contributed by atoms with Gasteiger partial charge < -0.3 is 10.4 Å². The van der Waals surface area contributed by atoms with Gasteiger partial charge in [0, 0.05) is 18.4 Å². The third kappa shape index (κ3) is 3.73. The molecule has 2 atom stereocenters. The van der Waals surface area contributed by atoms with Crippen LogP contribution in [0.3, 0.4) is 0 Å².